The van der Waals surface area contributed by atoms with Gasteiger partial charge in [0.2, 0.25) is 0 Å². The second kappa shape index (κ2) is 3.83. The molecule has 0 aromatic rings. The summed E-state index contributed by atoms with van der Waals surface area (Å²) in [5.41, 5.74) is 2.65. The van der Waals surface area contributed by atoms with Crippen LogP contribution >= 0.6 is 0 Å². The van der Waals surface area contributed by atoms with Crippen LogP contribution in [0, 0.1) is 0 Å². The fraction of sp³-hybridized carbons (Fsp3) is 1.00. The van der Waals surface area contributed by atoms with Gasteiger partial charge < -0.3 is 4.90 Å². The van der Waals surface area contributed by atoms with Crippen LogP contribution in [0.2, 0.25) is 0 Å². The van der Waals surface area contributed by atoms with Crippen molar-refractivity contribution in [2.24, 2.45) is 5.84 Å². The maximum atomic E-state index is 5.14. The Balaban J connectivity index is 3.10. The lowest BCUT2D eigenvalue weighted by molar-refractivity contribution is 0.353. The number of likely N-dealkylation sites (N-methyl/N-ethyl adjacent to an activating group) is 1. The Bertz CT molecular complexity index is 53.6. The number of nitrogens with zero attached hydrogens (tertiary/aromatic N) is 1. The number of nitrogens with two attached hydrogens (primary N) is 1. The fourth-order valence-corrected chi connectivity index (χ4v) is 0.600. The van der Waals surface area contributed by atoms with Crippen molar-refractivity contribution in [3.63, 3.8) is 0 Å². The topological polar surface area (TPSA) is 41.3 Å². The van der Waals surface area contributed by atoms with E-state index in [0.717, 1.165) is 6.54 Å². The van der Waals surface area contributed by atoms with E-state index in [0.29, 0.717) is 6.04 Å². The number of hydrogen-bond acceptors (Lipinski definition) is 3. The van der Waals surface area contributed by atoms with E-state index < -0.39 is 0 Å². The zero-order valence-corrected chi connectivity index (χ0v) is 5.81. The van der Waals surface area contributed by atoms with E-state index >= 15 is 0 Å². The Hall–Kier alpha value is -0.120. The molecular weight excluding hydrogens is 102 g/mol. The summed E-state index contributed by atoms with van der Waals surface area (Å²) >= 11 is 0. The van der Waals surface area contributed by atoms with Gasteiger partial charge in [-0.15, -0.1) is 0 Å². The number of hydrogen-bond donors (Lipinski definition) is 2. The summed E-state index contributed by atoms with van der Waals surface area (Å²) in [6.07, 6.45) is 0. The highest BCUT2D eigenvalue weighted by Gasteiger charge is 1.97. The number of nitrogens with one attached hydrogen (secondary N) is 1. The molecule has 0 aliphatic heterocycles. The van der Waals surface area contributed by atoms with Crippen LogP contribution in [0.25, 0.3) is 0 Å². The van der Waals surface area contributed by atoms with Crippen LogP contribution in [0.5, 0.6) is 0 Å². The average Bonchev–Trinajstić information content (AvgIpc) is 1.65. The molecule has 0 saturated heterocycles. The van der Waals surface area contributed by atoms with Crippen molar-refractivity contribution in [1.82, 2.24) is 10.3 Å². The maximum absolute atomic E-state index is 5.14. The molecule has 1 atom stereocenters. The Morgan fingerprint density at radius 3 is 2.25 bits per heavy atom. The van der Waals surface area contributed by atoms with Crippen LogP contribution in [-0.4, -0.2) is 31.6 Å². The van der Waals surface area contributed by atoms with Crippen LogP contribution < -0.4 is 11.3 Å². The van der Waals surface area contributed by atoms with Gasteiger partial charge in [0, 0.05) is 12.6 Å². The molecule has 0 saturated carbocycles. The van der Waals surface area contributed by atoms with E-state index in [9.17, 15) is 0 Å². The minimum absolute atomic E-state index is 0.380. The van der Waals surface area contributed by atoms with Crippen LogP contribution in [0.1, 0.15) is 6.92 Å². The Kier molecular flexibility index (Phi) is 3.77. The summed E-state index contributed by atoms with van der Waals surface area (Å²) in [5.74, 6) is 5.14. The predicted octanol–water partition coefficient (Wildman–Crippen LogP) is -0.600. The van der Waals surface area contributed by atoms with Gasteiger partial charge in [-0.3, -0.25) is 11.3 Å². The standard InChI is InChI=1S/C5H15N3/c1-5(7-6)4-8(2)3/h5,7H,4,6H2,1-3H3. The first-order valence-corrected chi connectivity index (χ1v) is 2.77. The number of rotatable bonds is 3. The van der Waals surface area contributed by atoms with Gasteiger partial charge in [0.05, 0.1) is 0 Å². The van der Waals surface area contributed by atoms with Crippen LogP contribution in [0.3, 0.4) is 0 Å². The molecule has 0 spiro atoms. The van der Waals surface area contributed by atoms with E-state index in [4.69, 9.17) is 5.84 Å². The van der Waals surface area contributed by atoms with E-state index in [-0.39, 0.29) is 0 Å². The van der Waals surface area contributed by atoms with Gasteiger partial charge in [-0.25, -0.2) is 0 Å². The van der Waals surface area contributed by atoms with Crippen LogP contribution in [0.15, 0.2) is 0 Å². The first-order valence-electron chi connectivity index (χ1n) is 2.77. The van der Waals surface area contributed by atoms with Crippen molar-refractivity contribution in [2.75, 3.05) is 20.6 Å². The lowest BCUT2D eigenvalue weighted by Crippen LogP contribution is -2.39. The van der Waals surface area contributed by atoms with Gasteiger partial charge in [0.15, 0.2) is 0 Å². The maximum Gasteiger partial charge on any atom is 0.0309 e. The fourth-order valence-electron chi connectivity index (χ4n) is 0.600. The molecule has 0 bridgehead atoms. The molecular formula is C5H15N3. The molecule has 0 fully saturated rings. The summed E-state index contributed by atoms with van der Waals surface area (Å²) in [4.78, 5) is 2.09. The molecule has 0 heterocycles. The first-order chi connectivity index (χ1) is 3.66. The normalized spacial score (nSPS) is 14.6. The monoisotopic (exact) mass is 117 g/mol. The lowest BCUT2D eigenvalue weighted by atomic mass is 10.3. The third-order valence-corrected chi connectivity index (χ3v) is 0.924. The molecule has 3 N–H and O–H groups in total. The van der Waals surface area contributed by atoms with E-state index in [1.807, 2.05) is 21.0 Å². The molecule has 0 aromatic heterocycles. The summed E-state index contributed by atoms with van der Waals surface area (Å²) < 4.78 is 0. The highest BCUT2D eigenvalue weighted by atomic mass is 15.2. The predicted molar refractivity (Wildman–Crippen MR) is 35.3 cm³/mol. The van der Waals surface area contributed by atoms with Gasteiger partial charge in [-0.1, -0.05) is 0 Å². The molecule has 0 aliphatic carbocycles. The van der Waals surface area contributed by atoms with Crippen LogP contribution in [-0.2, 0) is 0 Å². The van der Waals surface area contributed by atoms with Crippen molar-refractivity contribution in [3.8, 4) is 0 Å². The van der Waals surface area contributed by atoms with Gasteiger partial charge in [0.1, 0.15) is 0 Å². The smallest absolute Gasteiger partial charge is 0.0309 e. The highest BCUT2D eigenvalue weighted by molar-refractivity contribution is 4.57. The van der Waals surface area contributed by atoms with E-state index in [1.165, 1.54) is 0 Å². The minimum atomic E-state index is 0.380. The average molecular weight is 117 g/mol. The molecule has 0 aliphatic rings. The largest absolute Gasteiger partial charge is 0.308 e. The van der Waals surface area contributed by atoms with E-state index in [1.54, 1.807) is 0 Å². The van der Waals surface area contributed by atoms with Crippen molar-refractivity contribution in [2.45, 2.75) is 13.0 Å². The van der Waals surface area contributed by atoms with Gasteiger partial charge in [-0.05, 0) is 21.0 Å². The second-order valence-corrected chi connectivity index (χ2v) is 2.33. The summed E-state index contributed by atoms with van der Waals surface area (Å²) in [7, 11) is 4.04. The third-order valence-electron chi connectivity index (χ3n) is 0.924. The molecule has 0 aromatic carbocycles. The van der Waals surface area contributed by atoms with Gasteiger partial charge in [0.25, 0.3) is 0 Å². The molecule has 0 radical (unpaired) electrons. The summed E-state index contributed by atoms with van der Waals surface area (Å²) in [5, 5.41) is 0. The highest BCUT2D eigenvalue weighted by Crippen LogP contribution is 1.79. The van der Waals surface area contributed by atoms with Gasteiger partial charge >= 0.3 is 0 Å². The molecule has 50 valence electrons. The van der Waals surface area contributed by atoms with Gasteiger partial charge in [-0.2, -0.15) is 0 Å². The first kappa shape index (κ1) is 7.88. The molecule has 0 amide bonds. The summed E-state index contributed by atoms with van der Waals surface area (Å²) in [6, 6.07) is 0.380. The third kappa shape index (κ3) is 4.05. The lowest BCUT2D eigenvalue weighted by Gasteiger charge is -2.14. The SMILES string of the molecule is CC(CN(C)C)NN. The zero-order chi connectivity index (χ0) is 6.57. The Morgan fingerprint density at radius 1 is 1.62 bits per heavy atom. The molecule has 0 rings (SSSR count). The molecule has 1 unspecified atom stereocenters. The van der Waals surface area contributed by atoms with Crippen molar-refractivity contribution >= 4 is 0 Å². The van der Waals surface area contributed by atoms with Crippen molar-refractivity contribution < 1.29 is 0 Å². The second-order valence-electron chi connectivity index (χ2n) is 2.33. The van der Waals surface area contributed by atoms with Crippen LogP contribution in [0.4, 0.5) is 0 Å². The molecule has 8 heavy (non-hydrogen) atoms. The molecule has 3 heteroatoms. The Morgan fingerprint density at radius 2 is 2.12 bits per heavy atom. The van der Waals surface area contributed by atoms with Crippen molar-refractivity contribution in [1.29, 1.82) is 0 Å². The van der Waals surface area contributed by atoms with Crippen molar-refractivity contribution in [3.05, 3.63) is 0 Å². The summed E-state index contributed by atoms with van der Waals surface area (Å²) in [6.45, 7) is 3.02. The molecule has 3 nitrogen and oxygen atoms in total. The minimum Gasteiger partial charge on any atom is -0.308 e. The van der Waals surface area contributed by atoms with E-state index in [2.05, 4.69) is 10.3 Å². The zero-order valence-electron chi connectivity index (χ0n) is 5.81. The quantitative estimate of drug-likeness (QED) is 0.383. The number of hydrazine groups is 1. The Labute approximate surface area is 50.8 Å².